The Hall–Kier alpha value is -1.42. The topological polar surface area (TPSA) is 37.8 Å². The second-order valence-corrected chi connectivity index (χ2v) is 5.14. The average Bonchev–Trinajstić information content (AvgIpc) is 3.15. The van der Waals surface area contributed by atoms with Gasteiger partial charge in [0, 0.05) is 28.5 Å². The minimum Gasteiger partial charge on any atom is -0.351 e. The molecular formula is C13H12BrN3. The Morgan fingerprint density at radius 2 is 1.65 bits per heavy atom. The van der Waals surface area contributed by atoms with Crippen LogP contribution in [0, 0.1) is 0 Å². The maximum Gasteiger partial charge on any atom is 0.222 e. The first kappa shape index (κ1) is 10.7. The van der Waals surface area contributed by atoms with Crippen LogP contribution in [0.15, 0.2) is 41.1 Å². The molecule has 1 N–H and O–H groups in total. The van der Waals surface area contributed by atoms with E-state index in [0.717, 1.165) is 21.5 Å². The summed E-state index contributed by atoms with van der Waals surface area (Å²) in [7, 11) is 0. The highest BCUT2D eigenvalue weighted by molar-refractivity contribution is 9.10. The van der Waals surface area contributed by atoms with Crippen molar-refractivity contribution in [1.29, 1.82) is 0 Å². The fraction of sp³-hybridized carbons (Fsp3) is 0.231. The van der Waals surface area contributed by atoms with Gasteiger partial charge in [0.25, 0.3) is 0 Å². The van der Waals surface area contributed by atoms with Crippen LogP contribution in [0.1, 0.15) is 12.8 Å². The Morgan fingerprint density at radius 3 is 2.24 bits per heavy atom. The number of halogens is 1. The molecule has 1 aliphatic rings. The van der Waals surface area contributed by atoms with E-state index in [1.54, 1.807) is 0 Å². The molecule has 86 valence electrons. The van der Waals surface area contributed by atoms with Crippen molar-refractivity contribution in [3.8, 4) is 11.1 Å². The summed E-state index contributed by atoms with van der Waals surface area (Å²) in [6.45, 7) is 0. The maximum absolute atomic E-state index is 4.32. The Labute approximate surface area is 108 Å². The highest BCUT2D eigenvalue weighted by Gasteiger charge is 2.21. The van der Waals surface area contributed by atoms with E-state index in [0.29, 0.717) is 6.04 Å². The molecule has 0 radical (unpaired) electrons. The van der Waals surface area contributed by atoms with E-state index in [1.807, 2.05) is 24.5 Å². The monoisotopic (exact) mass is 289 g/mol. The van der Waals surface area contributed by atoms with Crippen LogP contribution in [-0.4, -0.2) is 16.0 Å². The lowest BCUT2D eigenvalue weighted by atomic mass is 10.1. The molecule has 0 saturated heterocycles. The second kappa shape index (κ2) is 4.45. The SMILES string of the molecule is Brc1ccc(-c2cnc(NC3CC3)nc2)cc1. The van der Waals surface area contributed by atoms with Gasteiger partial charge in [-0.25, -0.2) is 9.97 Å². The fourth-order valence-electron chi connectivity index (χ4n) is 1.60. The summed E-state index contributed by atoms with van der Waals surface area (Å²) in [4.78, 5) is 8.65. The van der Waals surface area contributed by atoms with Gasteiger partial charge in [-0.05, 0) is 30.5 Å². The van der Waals surface area contributed by atoms with Crippen molar-refractivity contribution in [3.05, 3.63) is 41.1 Å². The van der Waals surface area contributed by atoms with Gasteiger partial charge in [0.05, 0.1) is 0 Å². The molecule has 0 spiro atoms. The summed E-state index contributed by atoms with van der Waals surface area (Å²) >= 11 is 3.42. The number of aromatic nitrogens is 2. The largest absolute Gasteiger partial charge is 0.351 e. The molecular weight excluding hydrogens is 278 g/mol. The van der Waals surface area contributed by atoms with E-state index in [1.165, 1.54) is 12.8 Å². The van der Waals surface area contributed by atoms with Gasteiger partial charge in [0.1, 0.15) is 0 Å². The zero-order valence-corrected chi connectivity index (χ0v) is 10.8. The molecule has 2 aromatic rings. The first-order chi connectivity index (χ1) is 8.31. The Bertz CT molecular complexity index is 503. The van der Waals surface area contributed by atoms with Gasteiger partial charge < -0.3 is 5.32 Å². The summed E-state index contributed by atoms with van der Waals surface area (Å²) in [6, 6.07) is 8.74. The summed E-state index contributed by atoms with van der Waals surface area (Å²) < 4.78 is 1.08. The Morgan fingerprint density at radius 1 is 1.00 bits per heavy atom. The van der Waals surface area contributed by atoms with Crippen LogP contribution in [0.4, 0.5) is 5.95 Å². The van der Waals surface area contributed by atoms with Gasteiger partial charge in [-0.15, -0.1) is 0 Å². The van der Waals surface area contributed by atoms with Crippen molar-refractivity contribution in [2.24, 2.45) is 0 Å². The number of nitrogens with zero attached hydrogens (tertiary/aromatic N) is 2. The lowest BCUT2D eigenvalue weighted by Crippen LogP contribution is -2.04. The van der Waals surface area contributed by atoms with Crippen LogP contribution < -0.4 is 5.32 Å². The average molecular weight is 290 g/mol. The molecule has 0 amide bonds. The summed E-state index contributed by atoms with van der Waals surface area (Å²) in [5.74, 6) is 0.730. The molecule has 1 saturated carbocycles. The van der Waals surface area contributed by atoms with Gasteiger partial charge >= 0.3 is 0 Å². The highest BCUT2D eigenvalue weighted by Crippen LogP contribution is 2.24. The van der Waals surface area contributed by atoms with Crippen molar-refractivity contribution >= 4 is 21.9 Å². The minimum absolute atomic E-state index is 0.591. The number of hydrogen-bond donors (Lipinski definition) is 1. The third-order valence-electron chi connectivity index (χ3n) is 2.74. The van der Waals surface area contributed by atoms with E-state index in [4.69, 9.17) is 0 Å². The van der Waals surface area contributed by atoms with Crippen LogP contribution in [0.5, 0.6) is 0 Å². The minimum atomic E-state index is 0.591. The van der Waals surface area contributed by atoms with Crippen LogP contribution in [0.3, 0.4) is 0 Å². The molecule has 1 aromatic heterocycles. The van der Waals surface area contributed by atoms with Crippen molar-refractivity contribution in [2.45, 2.75) is 18.9 Å². The first-order valence-electron chi connectivity index (χ1n) is 5.66. The normalized spacial score (nSPS) is 14.6. The molecule has 0 unspecified atom stereocenters. The quantitative estimate of drug-likeness (QED) is 0.940. The molecule has 1 heterocycles. The van der Waals surface area contributed by atoms with E-state index < -0.39 is 0 Å². The van der Waals surface area contributed by atoms with Crippen molar-refractivity contribution in [2.75, 3.05) is 5.32 Å². The van der Waals surface area contributed by atoms with E-state index in [9.17, 15) is 0 Å². The summed E-state index contributed by atoms with van der Waals surface area (Å²) in [5.41, 5.74) is 2.17. The Kier molecular flexibility index (Phi) is 2.81. The number of hydrogen-bond acceptors (Lipinski definition) is 3. The molecule has 3 rings (SSSR count). The van der Waals surface area contributed by atoms with E-state index >= 15 is 0 Å². The van der Waals surface area contributed by atoms with Crippen LogP contribution in [0.25, 0.3) is 11.1 Å². The number of anilines is 1. The highest BCUT2D eigenvalue weighted by atomic mass is 79.9. The lowest BCUT2D eigenvalue weighted by molar-refractivity contribution is 1.05. The molecule has 3 nitrogen and oxygen atoms in total. The molecule has 1 aliphatic carbocycles. The lowest BCUT2D eigenvalue weighted by Gasteiger charge is -2.04. The second-order valence-electron chi connectivity index (χ2n) is 4.22. The van der Waals surface area contributed by atoms with Gasteiger partial charge in [-0.3, -0.25) is 0 Å². The smallest absolute Gasteiger partial charge is 0.222 e. The molecule has 17 heavy (non-hydrogen) atoms. The van der Waals surface area contributed by atoms with E-state index in [-0.39, 0.29) is 0 Å². The number of nitrogens with one attached hydrogen (secondary N) is 1. The molecule has 0 aliphatic heterocycles. The van der Waals surface area contributed by atoms with Gasteiger partial charge in [-0.1, -0.05) is 28.1 Å². The van der Waals surface area contributed by atoms with Crippen LogP contribution in [0.2, 0.25) is 0 Å². The number of benzene rings is 1. The first-order valence-corrected chi connectivity index (χ1v) is 6.45. The van der Waals surface area contributed by atoms with Crippen molar-refractivity contribution in [3.63, 3.8) is 0 Å². The van der Waals surface area contributed by atoms with Gasteiger partial charge in [-0.2, -0.15) is 0 Å². The molecule has 1 fully saturated rings. The predicted octanol–water partition coefficient (Wildman–Crippen LogP) is 3.48. The van der Waals surface area contributed by atoms with Gasteiger partial charge in [0.2, 0.25) is 5.95 Å². The van der Waals surface area contributed by atoms with Crippen molar-refractivity contribution in [1.82, 2.24) is 9.97 Å². The predicted molar refractivity (Wildman–Crippen MR) is 71.8 cm³/mol. The third kappa shape index (κ3) is 2.64. The molecule has 1 aromatic carbocycles. The van der Waals surface area contributed by atoms with Gasteiger partial charge in [0.15, 0.2) is 0 Å². The Balaban J connectivity index is 1.80. The standard InChI is InChI=1S/C13H12BrN3/c14-11-3-1-9(2-4-11)10-7-15-13(16-8-10)17-12-5-6-12/h1-4,7-8,12H,5-6H2,(H,15,16,17). The maximum atomic E-state index is 4.32. The number of rotatable bonds is 3. The third-order valence-corrected chi connectivity index (χ3v) is 3.27. The molecule has 0 bridgehead atoms. The van der Waals surface area contributed by atoms with Crippen molar-refractivity contribution < 1.29 is 0 Å². The summed E-state index contributed by atoms with van der Waals surface area (Å²) in [6.07, 6.45) is 6.19. The van der Waals surface area contributed by atoms with Crippen LogP contribution in [-0.2, 0) is 0 Å². The fourth-order valence-corrected chi connectivity index (χ4v) is 1.87. The zero-order chi connectivity index (χ0) is 11.7. The molecule has 4 heteroatoms. The van der Waals surface area contributed by atoms with E-state index in [2.05, 4.69) is 43.3 Å². The summed E-state index contributed by atoms with van der Waals surface area (Å²) in [5, 5.41) is 3.27. The zero-order valence-electron chi connectivity index (χ0n) is 9.23. The van der Waals surface area contributed by atoms with Crippen LogP contribution >= 0.6 is 15.9 Å². The molecule has 0 atom stereocenters.